The van der Waals surface area contributed by atoms with Crippen LogP contribution >= 0.6 is 0 Å². The van der Waals surface area contributed by atoms with E-state index >= 15 is 0 Å². The van der Waals surface area contributed by atoms with Gasteiger partial charge in [-0.1, -0.05) is 0 Å². The van der Waals surface area contributed by atoms with Gasteiger partial charge in [-0.05, 0) is 6.42 Å². The normalized spacial score (nSPS) is 21.6. The Morgan fingerprint density at radius 3 is 3.00 bits per heavy atom. The number of likely N-dealkylation sites (tertiary alicyclic amines) is 1. The number of carbonyl (C=O) groups is 2. The summed E-state index contributed by atoms with van der Waals surface area (Å²) in [5.74, 6) is 1.34. The summed E-state index contributed by atoms with van der Waals surface area (Å²) in [7, 11) is 0. The highest BCUT2D eigenvalue weighted by Gasteiger charge is 2.35. The second-order valence-corrected chi connectivity index (χ2v) is 2.93. The molecule has 4 nitrogen and oxygen atoms in total. The molecule has 70 valence electrons. The standard InChI is InChI=1S/C9H11NO3/c1-2-3-6-10-7(9(12)13)4-5-8(10)11/h1,7H,3-6H2,(H,12,13). The summed E-state index contributed by atoms with van der Waals surface area (Å²) in [5, 5.41) is 8.76. The number of nitrogens with zero attached hydrogens (tertiary/aromatic N) is 1. The van der Waals surface area contributed by atoms with E-state index in [-0.39, 0.29) is 5.91 Å². The van der Waals surface area contributed by atoms with Gasteiger partial charge in [-0.3, -0.25) is 4.79 Å². The highest BCUT2D eigenvalue weighted by molar-refractivity contribution is 5.87. The zero-order chi connectivity index (χ0) is 9.84. The maximum Gasteiger partial charge on any atom is 0.326 e. The van der Waals surface area contributed by atoms with Crippen LogP contribution in [0.25, 0.3) is 0 Å². The summed E-state index contributed by atoms with van der Waals surface area (Å²) in [5.41, 5.74) is 0. The van der Waals surface area contributed by atoms with Crippen molar-refractivity contribution in [1.29, 1.82) is 0 Å². The Labute approximate surface area is 76.5 Å². The fraction of sp³-hybridized carbons (Fsp3) is 0.556. The number of rotatable bonds is 3. The lowest BCUT2D eigenvalue weighted by atomic mass is 10.2. The first-order valence-electron chi connectivity index (χ1n) is 4.12. The summed E-state index contributed by atoms with van der Waals surface area (Å²) in [6.45, 7) is 0.353. The third kappa shape index (κ3) is 2.00. The van der Waals surface area contributed by atoms with Crippen LogP contribution in [0.5, 0.6) is 0 Å². The summed E-state index contributed by atoms with van der Waals surface area (Å²) in [4.78, 5) is 23.2. The van der Waals surface area contributed by atoms with Gasteiger partial charge in [0.25, 0.3) is 0 Å². The minimum absolute atomic E-state index is 0.109. The van der Waals surface area contributed by atoms with Gasteiger partial charge in [0.2, 0.25) is 5.91 Å². The molecule has 1 amide bonds. The van der Waals surface area contributed by atoms with Crippen molar-refractivity contribution in [2.24, 2.45) is 0 Å². The molecule has 1 unspecified atom stereocenters. The Morgan fingerprint density at radius 1 is 1.77 bits per heavy atom. The maximum absolute atomic E-state index is 11.2. The molecule has 0 bridgehead atoms. The van der Waals surface area contributed by atoms with Gasteiger partial charge in [0, 0.05) is 19.4 Å². The van der Waals surface area contributed by atoms with Crippen LogP contribution in [0, 0.1) is 12.3 Å². The van der Waals surface area contributed by atoms with Crippen molar-refractivity contribution in [1.82, 2.24) is 4.90 Å². The molecule has 1 aliphatic heterocycles. The van der Waals surface area contributed by atoms with Crippen LogP contribution in [0.4, 0.5) is 0 Å². The number of amides is 1. The number of carboxylic acids is 1. The molecule has 1 N–H and O–H groups in total. The van der Waals surface area contributed by atoms with E-state index in [1.807, 2.05) is 0 Å². The molecule has 1 heterocycles. The van der Waals surface area contributed by atoms with Crippen molar-refractivity contribution in [2.75, 3.05) is 6.54 Å². The molecule has 0 aromatic heterocycles. The molecule has 0 saturated carbocycles. The van der Waals surface area contributed by atoms with E-state index < -0.39 is 12.0 Å². The fourth-order valence-corrected chi connectivity index (χ4v) is 1.46. The largest absolute Gasteiger partial charge is 0.480 e. The molecule has 1 fully saturated rings. The predicted octanol–water partition coefficient (Wildman–Crippen LogP) is 0.0853. The monoisotopic (exact) mass is 181 g/mol. The third-order valence-electron chi connectivity index (χ3n) is 2.11. The Hall–Kier alpha value is -1.50. The Bertz CT molecular complexity index is 267. The molecule has 0 aliphatic carbocycles. The van der Waals surface area contributed by atoms with Crippen molar-refractivity contribution in [3.8, 4) is 12.3 Å². The number of carboxylic acid groups (broad SMARTS) is 1. The number of hydrogen-bond donors (Lipinski definition) is 1. The van der Waals surface area contributed by atoms with Gasteiger partial charge in [-0.2, -0.15) is 0 Å². The van der Waals surface area contributed by atoms with E-state index in [1.54, 1.807) is 0 Å². The molecule has 1 atom stereocenters. The summed E-state index contributed by atoms with van der Waals surface area (Å²) < 4.78 is 0. The second-order valence-electron chi connectivity index (χ2n) is 2.93. The first kappa shape index (κ1) is 9.59. The first-order valence-corrected chi connectivity index (χ1v) is 4.12. The zero-order valence-electron chi connectivity index (χ0n) is 7.19. The van der Waals surface area contributed by atoms with Crippen molar-refractivity contribution in [3.05, 3.63) is 0 Å². The summed E-state index contributed by atoms with van der Waals surface area (Å²) >= 11 is 0. The van der Waals surface area contributed by atoms with Crippen LogP contribution in [0.2, 0.25) is 0 Å². The third-order valence-corrected chi connectivity index (χ3v) is 2.11. The summed E-state index contributed by atoms with van der Waals surface area (Å²) in [6.07, 6.45) is 6.17. The first-order chi connectivity index (χ1) is 6.16. The molecule has 1 saturated heterocycles. The van der Waals surface area contributed by atoms with Crippen LogP contribution in [0.3, 0.4) is 0 Å². The highest BCUT2D eigenvalue weighted by Crippen LogP contribution is 2.18. The van der Waals surface area contributed by atoms with Crippen LogP contribution in [0.1, 0.15) is 19.3 Å². The van der Waals surface area contributed by atoms with Gasteiger partial charge in [0.1, 0.15) is 6.04 Å². The van der Waals surface area contributed by atoms with E-state index in [2.05, 4.69) is 5.92 Å². The Balaban J connectivity index is 2.61. The topological polar surface area (TPSA) is 57.6 Å². The molecule has 0 aromatic rings. The molecule has 1 aliphatic rings. The Kier molecular flexibility index (Phi) is 2.91. The summed E-state index contributed by atoms with van der Waals surface area (Å²) in [6, 6.07) is -0.666. The molecule has 0 radical (unpaired) electrons. The number of carbonyl (C=O) groups excluding carboxylic acids is 1. The average molecular weight is 181 g/mol. The van der Waals surface area contributed by atoms with Crippen LogP contribution in [-0.4, -0.2) is 34.5 Å². The van der Waals surface area contributed by atoms with Crippen molar-refractivity contribution >= 4 is 11.9 Å². The lowest BCUT2D eigenvalue weighted by Crippen LogP contribution is -2.38. The van der Waals surface area contributed by atoms with E-state index in [0.717, 1.165) is 0 Å². The van der Waals surface area contributed by atoms with Crippen LogP contribution in [0.15, 0.2) is 0 Å². The van der Waals surface area contributed by atoms with E-state index in [0.29, 0.717) is 25.8 Å². The molecule has 13 heavy (non-hydrogen) atoms. The molecule has 1 rings (SSSR count). The zero-order valence-corrected chi connectivity index (χ0v) is 7.19. The predicted molar refractivity (Wildman–Crippen MR) is 45.8 cm³/mol. The maximum atomic E-state index is 11.2. The molecule has 0 aromatic carbocycles. The molecule has 4 heteroatoms. The SMILES string of the molecule is C#CCCN1C(=O)CCC1C(=O)O. The lowest BCUT2D eigenvalue weighted by Gasteiger charge is -2.19. The fourth-order valence-electron chi connectivity index (χ4n) is 1.46. The highest BCUT2D eigenvalue weighted by atomic mass is 16.4. The molecular weight excluding hydrogens is 170 g/mol. The minimum Gasteiger partial charge on any atom is -0.480 e. The number of hydrogen-bond acceptors (Lipinski definition) is 2. The van der Waals surface area contributed by atoms with Gasteiger partial charge in [0.05, 0.1) is 0 Å². The van der Waals surface area contributed by atoms with E-state index in [9.17, 15) is 9.59 Å². The van der Waals surface area contributed by atoms with Gasteiger partial charge < -0.3 is 10.0 Å². The smallest absolute Gasteiger partial charge is 0.326 e. The Morgan fingerprint density at radius 2 is 2.46 bits per heavy atom. The van der Waals surface area contributed by atoms with Crippen molar-refractivity contribution in [2.45, 2.75) is 25.3 Å². The lowest BCUT2D eigenvalue weighted by molar-refractivity contribution is -0.146. The second kappa shape index (κ2) is 3.94. The average Bonchev–Trinajstić information content (AvgIpc) is 2.43. The van der Waals surface area contributed by atoms with Gasteiger partial charge in [0.15, 0.2) is 0 Å². The minimum atomic E-state index is -0.942. The molecule has 0 spiro atoms. The van der Waals surface area contributed by atoms with Gasteiger partial charge in [-0.15, -0.1) is 12.3 Å². The van der Waals surface area contributed by atoms with Crippen LogP contribution < -0.4 is 0 Å². The van der Waals surface area contributed by atoms with Gasteiger partial charge >= 0.3 is 5.97 Å². The number of aliphatic carboxylic acids is 1. The van der Waals surface area contributed by atoms with Crippen LogP contribution in [-0.2, 0) is 9.59 Å². The quantitative estimate of drug-likeness (QED) is 0.627. The number of terminal acetylenes is 1. The van der Waals surface area contributed by atoms with Crippen molar-refractivity contribution in [3.63, 3.8) is 0 Å². The van der Waals surface area contributed by atoms with Gasteiger partial charge in [-0.25, -0.2) is 4.79 Å². The van der Waals surface area contributed by atoms with E-state index in [1.165, 1.54) is 4.90 Å². The molecular formula is C9H11NO3. The van der Waals surface area contributed by atoms with E-state index in [4.69, 9.17) is 11.5 Å². The van der Waals surface area contributed by atoms with Crippen molar-refractivity contribution < 1.29 is 14.7 Å².